The number of nitrogens with zero attached hydrogens (tertiary/aromatic N) is 4. The van der Waals surface area contributed by atoms with Crippen LogP contribution in [0.3, 0.4) is 0 Å². The van der Waals surface area contributed by atoms with Gasteiger partial charge in [-0.3, -0.25) is 14.7 Å². The van der Waals surface area contributed by atoms with Crippen molar-refractivity contribution in [3.8, 4) is 0 Å². The normalized spacial score (nSPS) is 16.8. The fourth-order valence-corrected chi connectivity index (χ4v) is 4.47. The third kappa shape index (κ3) is 5.88. The highest BCUT2D eigenvalue weighted by molar-refractivity contribution is 5.80. The molecule has 0 spiro atoms. The summed E-state index contributed by atoms with van der Waals surface area (Å²) in [6.07, 6.45) is 1.34. The number of guanidine groups is 1. The highest BCUT2D eigenvalue weighted by Gasteiger charge is 2.22. The van der Waals surface area contributed by atoms with Crippen molar-refractivity contribution in [1.29, 1.82) is 0 Å². The predicted molar refractivity (Wildman–Crippen MR) is 129 cm³/mol. The molecule has 0 unspecified atom stereocenters. The molecule has 170 valence electrons. The van der Waals surface area contributed by atoms with Gasteiger partial charge in [0.25, 0.3) is 0 Å². The minimum atomic E-state index is 0.232. The van der Waals surface area contributed by atoms with Crippen molar-refractivity contribution in [3.63, 3.8) is 0 Å². The zero-order valence-corrected chi connectivity index (χ0v) is 19.2. The van der Waals surface area contributed by atoms with Crippen LogP contribution in [0.25, 0.3) is 0 Å². The van der Waals surface area contributed by atoms with Crippen molar-refractivity contribution < 1.29 is 4.79 Å². The van der Waals surface area contributed by atoms with E-state index in [4.69, 9.17) is 4.99 Å². The lowest BCUT2D eigenvalue weighted by Gasteiger charge is -2.36. The maximum absolute atomic E-state index is 12.6. The molecule has 2 aromatic rings. The van der Waals surface area contributed by atoms with Crippen LogP contribution < -0.4 is 5.32 Å². The molecule has 1 N–H and O–H groups in total. The van der Waals surface area contributed by atoms with Gasteiger partial charge in [-0.1, -0.05) is 54.6 Å². The summed E-state index contributed by atoms with van der Waals surface area (Å²) in [7, 11) is 0. The largest absolute Gasteiger partial charge is 0.357 e. The van der Waals surface area contributed by atoms with E-state index in [-0.39, 0.29) is 5.91 Å². The Hall–Kier alpha value is -2.86. The molecule has 4 rings (SSSR count). The summed E-state index contributed by atoms with van der Waals surface area (Å²) in [5.41, 5.74) is 3.92. The molecule has 1 amide bonds. The van der Waals surface area contributed by atoms with Gasteiger partial charge in [-0.2, -0.15) is 0 Å². The van der Waals surface area contributed by atoms with Crippen LogP contribution in [-0.2, 0) is 24.4 Å². The lowest BCUT2D eigenvalue weighted by atomic mass is 10.1. The molecule has 0 bridgehead atoms. The van der Waals surface area contributed by atoms with Gasteiger partial charge in [-0.05, 0) is 30.0 Å². The SMILES string of the molecule is CCNC(=NCCCC(=O)N1Cc2ccccc2C1)N1CCN(Cc2ccccc2)CC1. The molecule has 1 saturated heterocycles. The Bertz CT molecular complexity index is 880. The smallest absolute Gasteiger partial charge is 0.223 e. The summed E-state index contributed by atoms with van der Waals surface area (Å²) < 4.78 is 0. The van der Waals surface area contributed by atoms with Gasteiger partial charge in [-0.25, -0.2) is 0 Å². The van der Waals surface area contributed by atoms with Crippen molar-refractivity contribution >= 4 is 11.9 Å². The van der Waals surface area contributed by atoms with Crippen LogP contribution in [0.5, 0.6) is 0 Å². The van der Waals surface area contributed by atoms with Crippen molar-refractivity contribution in [2.45, 2.75) is 39.4 Å². The summed E-state index contributed by atoms with van der Waals surface area (Å²) in [4.78, 5) is 24.3. The number of carbonyl (C=O) groups is 1. The highest BCUT2D eigenvalue weighted by atomic mass is 16.2. The van der Waals surface area contributed by atoms with Crippen LogP contribution in [0, 0.1) is 0 Å². The second-order valence-electron chi connectivity index (χ2n) is 8.61. The molecular formula is C26H35N5O. The zero-order chi connectivity index (χ0) is 22.2. The van der Waals surface area contributed by atoms with E-state index >= 15 is 0 Å². The molecule has 32 heavy (non-hydrogen) atoms. The topological polar surface area (TPSA) is 51.2 Å². The molecule has 0 aliphatic carbocycles. The van der Waals surface area contributed by atoms with E-state index in [2.05, 4.69) is 64.5 Å². The summed E-state index contributed by atoms with van der Waals surface area (Å²) >= 11 is 0. The van der Waals surface area contributed by atoms with Crippen LogP contribution in [0.4, 0.5) is 0 Å². The number of fused-ring (bicyclic) bond motifs is 1. The lowest BCUT2D eigenvalue weighted by molar-refractivity contribution is -0.131. The number of hydrogen-bond acceptors (Lipinski definition) is 3. The summed E-state index contributed by atoms with van der Waals surface area (Å²) in [5.74, 6) is 1.21. The van der Waals surface area contributed by atoms with Gasteiger partial charge in [0.2, 0.25) is 5.91 Å². The molecule has 0 saturated carbocycles. The van der Waals surface area contributed by atoms with Gasteiger partial charge in [0, 0.05) is 65.3 Å². The average Bonchev–Trinajstić information content (AvgIpc) is 3.27. The molecule has 2 aliphatic heterocycles. The zero-order valence-electron chi connectivity index (χ0n) is 19.2. The Labute approximate surface area is 191 Å². The molecule has 2 aliphatic rings. The molecule has 0 atom stereocenters. The number of rotatable bonds is 7. The number of piperazine rings is 1. The van der Waals surface area contributed by atoms with E-state index in [9.17, 15) is 4.79 Å². The lowest BCUT2D eigenvalue weighted by Crippen LogP contribution is -2.52. The third-order valence-electron chi connectivity index (χ3n) is 6.26. The maximum atomic E-state index is 12.6. The van der Waals surface area contributed by atoms with E-state index in [1.54, 1.807) is 0 Å². The average molecular weight is 434 g/mol. The second-order valence-corrected chi connectivity index (χ2v) is 8.61. The van der Waals surface area contributed by atoms with E-state index in [1.165, 1.54) is 16.7 Å². The Morgan fingerprint density at radius 2 is 1.56 bits per heavy atom. The number of amides is 1. The standard InChI is InChI=1S/C26H35N5O/c1-2-27-26(30-17-15-29(16-18-30)19-22-9-4-3-5-10-22)28-14-8-13-25(32)31-20-23-11-6-7-12-24(23)21-31/h3-7,9-12H,2,8,13-21H2,1H3,(H,27,28). The first-order valence-corrected chi connectivity index (χ1v) is 11.9. The van der Waals surface area contributed by atoms with E-state index < -0.39 is 0 Å². The van der Waals surface area contributed by atoms with E-state index in [0.717, 1.165) is 64.7 Å². The van der Waals surface area contributed by atoms with Crippen molar-refractivity contribution in [2.75, 3.05) is 39.3 Å². The number of aliphatic imine (C=N–C) groups is 1. The Balaban J connectivity index is 1.21. The number of carbonyl (C=O) groups excluding carboxylic acids is 1. The number of nitrogens with one attached hydrogen (secondary N) is 1. The first kappa shape index (κ1) is 22.3. The van der Waals surface area contributed by atoms with Crippen LogP contribution >= 0.6 is 0 Å². The Morgan fingerprint density at radius 1 is 0.906 bits per heavy atom. The van der Waals surface area contributed by atoms with E-state index in [0.29, 0.717) is 13.0 Å². The molecular weight excluding hydrogens is 398 g/mol. The predicted octanol–water partition coefficient (Wildman–Crippen LogP) is 3.09. The molecule has 0 aromatic heterocycles. The first-order valence-electron chi connectivity index (χ1n) is 11.9. The number of hydrogen-bond donors (Lipinski definition) is 1. The van der Waals surface area contributed by atoms with Gasteiger partial charge in [0.05, 0.1) is 0 Å². The van der Waals surface area contributed by atoms with E-state index in [1.807, 2.05) is 17.0 Å². The monoisotopic (exact) mass is 433 g/mol. The number of benzene rings is 2. The fraction of sp³-hybridized carbons (Fsp3) is 0.462. The second kappa shape index (κ2) is 11.1. The van der Waals surface area contributed by atoms with Gasteiger partial charge < -0.3 is 15.1 Å². The molecule has 6 nitrogen and oxygen atoms in total. The van der Waals surface area contributed by atoms with Gasteiger partial charge in [-0.15, -0.1) is 0 Å². The molecule has 2 heterocycles. The van der Waals surface area contributed by atoms with Crippen LogP contribution in [0.15, 0.2) is 59.6 Å². The summed E-state index contributed by atoms with van der Waals surface area (Å²) in [6, 6.07) is 19.0. The molecule has 6 heteroatoms. The van der Waals surface area contributed by atoms with Gasteiger partial charge in [0.1, 0.15) is 0 Å². The molecule has 1 fully saturated rings. The van der Waals surface area contributed by atoms with Gasteiger partial charge >= 0.3 is 0 Å². The molecule has 2 aromatic carbocycles. The summed E-state index contributed by atoms with van der Waals surface area (Å²) in [5, 5.41) is 3.43. The van der Waals surface area contributed by atoms with Gasteiger partial charge in [0.15, 0.2) is 5.96 Å². The minimum absolute atomic E-state index is 0.232. The van der Waals surface area contributed by atoms with Crippen molar-refractivity contribution in [3.05, 3.63) is 71.3 Å². The Kier molecular flexibility index (Phi) is 7.77. The maximum Gasteiger partial charge on any atom is 0.223 e. The molecule has 0 radical (unpaired) electrons. The minimum Gasteiger partial charge on any atom is -0.357 e. The van der Waals surface area contributed by atoms with Crippen LogP contribution in [-0.4, -0.2) is 65.8 Å². The van der Waals surface area contributed by atoms with Crippen LogP contribution in [0.1, 0.15) is 36.5 Å². The first-order chi connectivity index (χ1) is 15.7. The van der Waals surface area contributed by atoms with Crippen LogP contribution in [0.2, 0.25) is 0 Å². The third-order valence-corrected chi connectivity index (χ3v) is 6.26. The van der Waals surface area contributed by atoms with Crippen molar-refractivity contribution in [2.24, 2.45) is 4.99 Å². The highest BCUT2D eigenvalue weighted by Crippen LogP contribution is 2.23. The fourth-order valence-electron chi connectivity index (χ4n) is 4.47. The quantitative estimate of drug-likeness (QED) is 0.414. The van der Waals surface area contributed by atoms with Crippen molar-refractivity contribution in [1.82, 2.24) is 20.0 Å². The Morgan fingerprint density at radius 3 is 2.22 bits per heavy atom. The summed E-state index contributed by atoms with van der Waals surface area (Å²) in [6.45, 7) is 10.2.